The molecule has 0 radical (unpaired) electrons. The van der Waals surface area contributed by atoms with Crippen molar-refractivity contribution in [3.05, 3.63) is 34.2 Å². The first-order valence-electron chi connectivity index (χ1n) is 5.26. The fourth-order valence-electron chi connectivity index (χ4n) is 1.77. The third-order valence-electron chi connectivity index (χ3n) is 2.68. The molecule has 5 nitrogen and oxygen atoms in total. The third kappa shape index (κ3) is 1.99. The Morgan fingerprint density at radius 3 is 3.12 bits per heavy atom. The van der Waals surface area contributed by atoms with Crippen molar-refractivity contribution in [2.24, 2.45) is 0 Å². The van der Waals surface area contributed by atoms with Crippen molar-refractivity contribution in [2.75, 3.05) is 19.8 Å². The number of H-pyrrole nitrogens is 1. The minimum absolute atomic E-state index is 0.0147. The molecule has 1 amide bonds. The van der Waals surface area contributed by atoms with Gasteiger partial charge in [-0.2, -0.15) is 0 Å². The molecule has 0 saturated carbocycles. The van der Waals surface area contributed by atoms with E-state index in [4.69, 9.17) is 4.74 Å². The summed E-state index contributed by atoms with van der Waals surface area (Å²) in [6, 6.07) is 1.37. The van der Waals surface area contributed by atoms with Crippen LogP contribution >= 0.6 is 0 Å². The molecule has 86 valence electrons. The van der Waals surface area contributed by atoms with Gasteiger partial charge in [0.1, 0.15) is 5.56 Å². The van der Waals surface area contributed by atoms with E-state index in [0.29, 0.717) is 19.8 Å². The molecular formula is C11H14N2O3. The maximum Gasteiger partial charge on any atom is 0.259 e. The molecule has 2 heterocycles. The molecule has 2 rings (SSSR count). The summed E-state index contributed by atoms with van der Waals surface area (Å²) in [6.45, 7) is 3.50. The predicted molar refractivity (Wildman–Crippen MR) is 58.4 cm³/mol. The highest BCUT2D eigenvalue weighted by atomic mass is 16.5. The standard InChI is InChI=1S/C11H14N2O3/c1-8-7-16-5-4-13(8)11(15)9-6-12-3-2-10(9)14/h2-3,6,8H,4-5,7H2,1H3,(H,12,14)/t8-/m1/s1. The van der Waals surface area contributed by atoms with E-state index >= 15 is 0 Å². The van der Waals surface area contributed by atoms with Crippen LogP contribution in [0.2, 0.25) is 0 Å². The number of morpholine rings is 1. The summed E-state index contributed by atoms with van der Waals surface area (Å²) in [5.41, 5.74) is -0.0568. The number of nitrogens with zero attached hydrogens (tertiary/aromatic N) is 1. The van der Waals surface area contributed by atoms with Gasteiger partial charge in [0.2, 0.25) is 0 Å². The van der Waals surface area contributed by atoms with E-state index in [9.17, 15) is 9.59 Å². The highest BCUT2D eigenvalue weighted by molar-refractivity contribution is 5.94. The van der Waals surface area contributed by atoms with Crippen molar-refractivity contribution in [2.45, 2.75) is 13.0 Å². The largest absolute Gasteiger partial charge is 0.377 e. The average molecular weight is 222 g/mol. The Bertz CT molecular complexity index is 441. The molecular weight excluding hydrogens is 208 g/mol. The molecule has 1 saturated heterocycles. The highest BCUT2D eigenvalue weighted by Crippen LogP contribution is 2.09. The quantitative estimate of drug-likeness (QED) is 0.740. The summed E-state index contributed by atoms with van der Waals surface area (Å²) in [4.78, 5) is 28.0. The van der Waals surface area contributed by atoms with E-state index in [1.165, 1.54) is 18.5 Å². The lowest BCUT2D eigenvalue weighted by molar-refractivity contribution is 0.00350. The van der Waals surface area contributed by atoms with Gasteiger partial charge in [-0.15, -0.1) is 0 Å². The van der Waals surface area contributed by atoms with Crippen molar-refractivity contribution in [3.63, 3.8) is 0 Å². The third-order valence-corrected chi connectivity index (χ3v) is 2.68. The van der Waals surface area contributed by atoms with Crippen LogP contribution in [0, 0.1) is 0 Å². The molecule has 1 aromatic heterocycles. The average Bonchev–Trinajstić information content (AvgIpc) is 2.29. The number of carbonyl (C=O) groups is 1. The predicted octanol–water partition coefficient (Wildman–Crippen LogP) is 0.236. The molecule has 0 unspecified atom stereocenters. The second-order valence-corrected chi connectivity index (χ2v) is 3.84. The normalized spacial score (nSPS) is 20.8. The van der Waals surface area contributed by atoms with Crippen molar-refractivity contribution in [3.8, 4) is 0 Å². The van der Waals surface area contributed by atoms with Gasteiger partial charge in [-0.1, -0.05) is 0 Å². The van der Waals surface area contributed by atoms with Crippen molar-refractivity contribution < 1.29 is 9.53 Å². The van der Waals surface area contributed by atoms with Crippen LogP contribution in [0.3, 0.4) is 0 Å². The molecule has 0 aromatic carbocycles. The van der Waals surface area contributed by atoms with Crippen LogP contribution in [0.5, 0.6) is 0 Å². The minimum Gasteiger partial charge on any atom is -0.377 e. The van der Waals surface area contributed by atoms with E-state index in [0.717, 1.165) is 0 Å². The first-order valence-corrected chi connectivity index (χ1v) is 5.26. The van der Waals surface area contributed by atoms with Gasteiger partial charge in [0.15, 0.2) is 5.43 Å². The first kappa shape index (κ1) is 10.9. The van der Waals surface area contributed by atoms with Crippen molar-refractivity contribution >= 4 is 5.91 Å². The number of carbonyl (C=O) groups excluding carboxylic acids is 1. The number of nitrogens with one attached hydrogen (secondary N) is 1. The molecule has 1 atom stereocenters. The van der Waals surface area contributed by atoms with Gasteiger partial charge in [-0.05, 0) is 6.92 Å². The van der Waals surface area contributed by atoms with E-state index < -0.39 is 0 Å². The van der Waals surface area contributed by atoms with Crippen LogP contribution in [-0.2, 0) is 4.74 Å². The van der Waals surface area contributed by atoms with Gasteiger partial charge in [-0.3, -0.25) is 9.59 Å². The van der Waals surface area contributed by atoms with Gasteiger partial charge in [0.05, 0.1) is 19.3 Å². The Kier molecular flexibility index (Phi) is 3.05. The Labute approximate surface area is 93.0 Å². The Morgan fingerprint density at radius 2 is 2.44 bits per heavy atom. The van der Waals surface area contributed by atoms with Gasteiger partial charge in [0.25, 0.3) is 5.91 Å². The lowest BCUT2D eigenvalue weighted by atomic mass is 10.2. The maximum absolute atomic E-state index is 12.1. The summed E-state index contributed by atoms with van der Waals surface area (Å²) in [7, 11) is 0. The maximum atomic E-state index is 12.1. The Morgan fingerprint density at radius 1 is 1.62 bits per heavy atom. The molecule has 1 aliphatic heterocycles. The van der Waals surface area contributed by atoms with Crippen LogP contribution in [-0.4, -0.2) is 41.6 Å². The summed E-state index contributed by atoms with van der Waals surface area (Å²) < 4.78 is 5.25. The van der Waals surface area contributed by atoms with E-state index in [1.807, 2.05) is 6.92 Å². The van der Waals surface area contributed by atoms with Gasteiger partial charge < -0.3 is 14.6 Å². The molecule has 1 N–H and O–H groups in total. The Balaban J connectivity index is 2.25. The zero-order valence-electron chi connectivity index (χ0n) is 9.10. The van der Waals surface area contributed by atoms with Crippen molar-refractivity contribution in [1.82, 2.24) is 9.88 Å². The summed E-state index contributed by atoms with van der Waals surface area (Å²) in [5.74, 6) is -0.224. The van der Waals surface area contributed by atoms with Crippen LogP contribution in [0.15, 0.2) is 23.3 Å². The SMILES string of the molecule is C[C@@H]1COCCN1C(=O)c1c[nH]ccc1=O. The van der Waals surface area contributed by atoms with Crippen LogP contribution in [0.1, 0.15) is 17.3 Å². The number of aromatic amines is 1. The Hall–Kier alpha value is -1.62. The van der Waals surface area contributed by atoms with Gasteiger partial charge in [-0.25, -0.2) is 0 Å². The molecule has 5 heteroatoms. The van der Waals surface area contributed by atoms with E-state index in [-0.39, 0.29) is 22.9 Å². The van der Waals surface area contributed by atoms with E-state index in [2.05, 4.69) is 4.98 Å². The summed E-state index contributed by atoms with van der Waals surface area (Å²) >= 11 is 0. The molecule has 1 aromatic rings. The number of amides is 1. The number of aromatic nitrogens is 1. The zero-order chi connectivity index (χ0) is 11.5. The molecule has 0 bridgehead atoms. The fourth-order valence-corrected chi connectivity index (χ4v) is 1.77. The second kappa shape index (κ2) is 4.49. The number of pyridine rings is 1. The zero-order valence-corrected chi connectivity index (χ0v) is 9.10. The molecule has 1 fully saturated rings. The monoisotopic (exact) mass is 222 g/mol. The van der Waals surface area contributed by atoms with Crippen LogP contribution in [0.4, 0.5) is 0 Å². The van der Waals surface area contributed by atoms with Crippen LogP contribution in [0.25, 0.3) is 0 Å². The van der Waals surface area contributed by atoms with Gasteiger partial charge in [0, 0.05) is 25.0 Å². The molecule has 0 aliphatic carbocycles. The second-order valence-electron chi connectivity index (χ2n) is 3.84. The number of hydrogen-bond donors (Lipinski definition) is 1. The number of ether oxygens (including phenoxy) is 1. The summed E-state index contributed by atoms with van der Waals surface area (Å²) in [6.07, 6.45) is 2.97. The van der Waals surface area contributed by atoms with E-state index in [1.54, 1.807) is 4.90 Å². The van der Waals surface area contributed by atoms with Gasteiger partial charge >= 0.3 is 0 Å². The number of hydrogen-bond acceptors (Lipinski definition) is 3. The van der Waals surface area contributed by atoms with Crippen LogP contribution < -0.4 is 5.43 Å². The fraction of sp³-hybridized carbons (Fsp3) is 0.455. The molecule has 16 heavy (non-hydrogen) atoms. The van der Waals surface area contributed by atoms with Crippen molar-refractivity contribution in [1.29, 1.82) is 0 Å². The lowest BCUT2D eigenvalue weighted by Gasteiger charge is -2.33. The molecule has 1 aliphatic rings. The first-order chi connectivity index (χ1) is 7.70. The molecule has 0 spiro atoms. The lowest BCUT2D eigenvalue weighted by Crippen LogP contribution is -2.48. The highest BCUT2D eigenvalue weighted by Gasteiger charge is 2.25. The topological polar surface area (TPSA) is 62.4 Å². The summed E-state index contributed by atoms with van der Waals surface area (Å²) in [5, 5.41) is 0. The minimum atomic E-state index is -0.248. The number of rotatable bonds is 1. The smallest absolute Gasteiger partial charge is 0.259 e.